The zero-order valence-electron chi connectivity index (χ0n) is 4.54. The van der Waals surface area contributed by atoms with E-state index in [0.717, 1.165) is 0 Å². The van der Waals surface area contributed by atoms with Gasteiger partial charge in [-0.15, -0.1) is 23.3 Å². The minimum absolute atomic E-state index is 0. The van der Waals surface area contributed by atoms with Gasteiger partial charge in [-0.1, -0.05) is 0 Å². The van der Waals surface area contributed by atoms with Gasteiger partial charge in [-0.25, -0.2) is 0 Å². The molecule has 0 aliphatic heterocycles. The third-order valence-electron chi connectivity index (χ3n) is 0. The van der Waals surface area contributed by atoms with Crippen LogP contribution in [0.15, 0.2) is 13.2 Å². The molecule has 0 aromatic carbocycles. The van der Waals surface area contributed by atoms with Crippen molar-refractivity contribution in [1.29, 1.82) is 0 Å². The maximum atomic E-state index is 8.36. The van der Waals surface area contributed by atoms with Crippen LogP contribution >= 0.6 is 0 Å². The number of hydrogen-bond acceptors (Lipinski definition) is 4. The highest BCUT2D eigenvalue weighted by Crippen LogP contribution is 1.38. The minimum Gasteiger partial charge on any atom is -0.344 e. The summed E-state index contributed by atoms with van der Waals surface area (Å²) in [4.78, 5) is 8.36. The lowest BCUT2D eigenvalue weighted by Crippen LogP contribution is -1.81. The third-order valence-corrected chi connectivity index (χ3v) is 0. The second-order valence-corrected chi connectivity index (χ2v) is 0.238. The molecule has 0 heterocycles. The Bertz CT molecular complexity index is 43.8. The maximum Gasteiger partial charge on any atom is 0.291 e. The number of hydrogen-bond donors (Lipinski definition) is 3. The third kappa shape index (κ3) is 55.7. The van der Waals surface area contributed by atoms with Gasteiger partial charge < -0.3 is 17.5 Å². The Balaban J connectivity index is -0.0000000183. The molecule has 0 aromatic rings. The molecule has 0 amide bonds. The van der Waals surface area contributed by atoms with Crippen molar-refractivity contribution >= 4 is 0 Å². The fourth-order valence-corrected chi connectivity index (χ4v) is 0. The average molecular weight is 125 g/mol. The van der Waals surface area contributed by atoms with Crippen LogP contribution in [-0.4, -0.2) is 10.3 Å². The lowest BCUT2D eigenvalue weighted by Gasteiger charge is -1.56. The summed E-state index contributed by atoms with van der Waals surface area (Å²) in [6.07, 6.45) is 0. The zero-order chi connectivity index (χ0) is 5.58. The molecule has 0 bridgehead atoms. The first-order chi connectivity index (χ1) is 2.73. The largest absolute Gasteiger partial charge is 0.344 e. The van der Waals surface area contributed by atoms with Crippen LogP contribution in [0.5, 0.6) is 0 Å². The van der Waals surface area contributed by atoms with Crippen molar-refractivity contribution in [2.45, 2.75) is 0 Å². The SMILES string of the molecule is C=C.N.N.O=[N+]([O-])O. The van der Waals surface area contributed by atoms with E-state index in [0.29, 0.717) is 0 Å². The summed E-state index contributed by atoms with van der Waals surface area (Å²) in [5.41, 5.74) is 0. The van der Waals surface area contributed by atoms with Crippen LogP contribution in [0, 0.1) is 10.1 Å². The second-order valence-electron chi connectivity index (χ2n) is 0.238. The van der Waals surface area contributed by atoms with Gasteiger partial charge in [-0.05, 0) is 0 Å². The molecule has 7 N–H and O–H groups in total. The summed E-state index contributed by atoms with van der Waals surface area (Å²) in [7, 11) is 0. The average Bonchev–Trinajstić information content (AvgIpc) is 1.41. The molecule has 6 nitrogen and oxygen atoms in total. The highest BCUT2D eigenvalue weighted by Gasteiger charge is 1.65. The Labute approximate surface area is 47.1 Å². The monoisotopic (exact) mass is 125 g/mol. The first-order valence-corrected chi connectivity index (χ1v) is 1.07. The Kier molecular flexibility index (Phi) is 144. The van der Waals surface area contributed by atoms with E-state index < -0.39 is 5.09 Å². The van der Waals surface area contributed by atoms with Gasteiger partial charge in [0.1, 0.15) is 0 Å². The highest BCUT2D eigenvalue weighted by molar-refractivity contribution is 4.22. The van der Waals surface area contributed by atoms with E-state index in [9.17, 15) is 0 Å². The number of nitrogens with zero attached hydrogens (tertiary/aromatic N) is 1. The standard InChI is InChI=1S/C2H4.HNO3.2H3N/c1-2;2-1(3)4;;/h1-2H2;(H,2,3,4);2*1H3. The lowest BCUT2D eigenvalue weighted by molar-refractivity contribution is -0.742. The van der Waals surface area contributed by atoms with Crippen molar-refractivity contribution in [1.82, 2.24) is 12.3 Å². The quantitative estimate of drug-likeness (QED) is 0.250. The van der Waals surface area contributed by atoms with Crippen LogP contribution in [0.1, 0.15) is 0 Å². The first kappa shape index (κ1) is 28.8. The molecular weight excluding hydrogens is 114 g/mol. The molecule has 0 aromatic heterocycles. The molecule has 0 saturated carbocycles. The summed E-state index contributed by atoms with van der Waals surface area (Å²) in [5, 5.41) is 13.6. The molecule has 0 unspecified atom stereocenters. The number of rotatable bonds is 0. The predicted molar refractivity (Wildman–Crippen MR) is 30.1 cm³/mol. The highest BCUT2D eigenvalue weighted by atomic mass is 16.9. The topological polar surface area (TPSA) is 133 Å². The van der Waals surface area contributed by atoms with Crippen molar-refractivity contribution in [2.75, 3.05) is 0 Å². The second kappa shape index (κ2) is 40.0. The van der Waals surface area contributed by atoms with Gasteiger partial charge in [0.2, 0.25) is 0 Å². The van der Waals surface area contributed by atoms with Crippen molar-refractivity contribution in [3.63, 3.8) is 0 Å². The minimum atomic E-state index is -1.50. The smallest absolute Gasteiger partial charge is 0.291 e. The zero-order valence-corrected chi connectivity index (χ0v) is 4.54. The summed E-state index contributed by atoms with van der Waals surface area (Å²) >= 11 is 0. The Hall–Kier alpha value is -1.14. The molecule has 0 aliphatic carbocycles. The molecule has 6 heteroatoms. The van der Waals surface area contributed by atoms with E-state index in [-0.39, 0.29) is 12.3 Å². The van der Waals surface area contributed by atoms with Gasteiger partial charge in [0, 0.05) is 0 Å². The Morgan fingerprint density at radius 1 is 1.38 bits per heavy atom. The van der Waals surface area contributed by atoms with Crippen molar-refractivity contribution < 1.29 is 10.3 Å². The molecule has 0 radical (unpaired) electrons. The molecule has 0 fully saturated rings. The summed E-state index contributed by atoms with van der Waals surface area (Å²) < 4.78 is 0. The van der Waals surface area contributed by atoms with Crippen LogP contribution in [0.2, 0.25) is 0 Å². The normalized spacial score (nSPS) is 3.50. The molecule has 0 rings (SSSR count). The predicted octanol–water partition coefficient (Wildman–Crippen LogP) is 0.778. The molecular formula is C2H11N3O3. The van der Waals surface area contributed by atoms with Crippen LogP contribution in [0.25, 0.3) is 0 Å². The fourth-order valence-electron chi connectivity index (χ4n) is 0. The van der Waals surface area contributed by atoms with Crippen LogP contribution in [-0.2, 0) is 0 Å². The Morgan fingerprint density at radius 2 is 1.38 bits per heavy atom. The van der Waals surface area contributed by atoms with Gasteiger partial charge in [-0.3, -0.25) is 0 Å². The van der Waals surface area contributed by atoms with E-state index in [1.807, 2.05) is 0 Å². The molecule has 8 heavy (non-hydrogen) atoms. The van der Waals surface area contributed by atoms with Crippen LogP contribution in [0.3, 0.4) is 0 Å². The van der Waals surface area contributed by atoms with Gasteiger partial charge in [0.05, 0.1) is 0 Å². The van der Waals surface area contributed by atoms with E-state index >= 15 is 0 Å². The van der Waals surface area contributed by atoms with E-state index in [1.54, 1.807) is 0 Å². The van der Waals surface area contributed by atoms with E-state index in [2.05, 4.69) is 13.2 Å². The summed E-state index contributed by atoms with van der Waals surface area (Å²) in [6.45, 7) is 6.00. The molecule has 52 valence electrons. The first-order valence-electron chi connectivity index (χ1n) is 1.07. The molecule has 0 atom stereocenters. The summed E-state index contributed by atoms with van der Waals surface area (Å²) in [6, 6.07) is 0. The fraction of sp³-hybridized carbons (Fsp3) is 0. The van der Waals surface area contributed by atoms with E-state index in [1.165, 1.54) is 0 Å². The van der Waals surface area contributed by atoms with Crippen LogP contribution in [0.4, 0.5) is 0 Å². The van der Waals surface area contributed by atoms with Gasteiger partial charge >= 0.3 is 0 Å². The van der Waals surface area contributed by atoms with Crippen molar-refractivity contribution in [2.24, 2.45) is 0 Å². The van der Waals surface area contributed by atoms with Gasteiger partial charge in [0.25, 0.3) is 5.09 Å². The maximum absolute atomic E-state index is 8.36. The molecule has 0 aliphatic rings. The molecule has 0 spiro atoms. The van der Waals surface area contributed by atoms with E-state index in [4.69, 9.17) is 15.3 Å². The van der Waals surface area contributed by atoms with Crippen molar-refractivity contribution in [3.8, 4) is 0 Å². The van der Waals surface area contributed by atoms with Crippen molar-refractivity contribution in [3.05, 3.63) is 23.3 Å². The van der Waals surface area contributed by atoms with Crippen LogP contribution < -0.4 is 12.3 Å². The lowest BCUT2D eigenvalue weighted by atomic mass is 11.3. The van der Waals surface area contributed by atoms with Gasteiger partial charge in [0.15, 0.2) is 0 Å². The Morgan fingerprint density at radius 3 is 1.38 bits per heavy atom. The molecule has 0 saturated heterocycles. The van der Waals surface area contributed by atoms with Gasteiger partial charge in [-0.2, -0.15) is 0 Å². The summed E-state index contributed by atoms with van der Waals surface area (Å²) in [5.74, 6) is 0.